The predicted molar refractivity (Wildman–Crippen MR) is 87.7 cm³/mol. The molecule has 0 spiro atoms. The van der Waals surface area contributed by atoms with E-state index in [1.807, 2.05) is 43.0 Å². The molecule has 0 fully saturated rings. The van der Waals surface area contributed by atoms with Crippen molar-refractivity contribution in [2.45, 2.75) is 13.8 Å². The molecule has 0 saturated carbocycles. The summed E-state index contributed by atoms with van der Waals surface area (Å²) in [7, 11) is 0. The number of carbonyl (C=O) groups excluding carboxylic acids is 1. The lowest BCUT2D eigenvalue weighted by molar-refractivity contribution is 0.1000. The minimum atomic E-state index is -0.0109. The molecular weight excluding hydrogens is 313 g/mol. The number of hydrogen-bond donors (Lipinski definition) is 0. The number of para-hydroxylation sites is 1. The summed E-state index contributed by atoms with van der Waals surface area (Å²) in [6.07, 6.45) is 0. The molecule has 0 atom stereocenters. The zero-order chi connectivity index (χ0) is 14.7. The lowest BCUT2D eigenvalue weighted by Gasteiger charge is -2.24. The number of aryl methyl sites for hydroxylation is 1. The Balaban J connectivity index is 2.21. The number of carbonyl (C=O) groups is 1. The first-order chi connectivity index (χ1) is 9.52. The van der Waals surface area contributed by atoms with Gasteiger partial charge in [0.2, 0.25) is 0 Å². The maximum atomic E-state index is 12.4. The standard InChI is InChI=1S/C15H15Cl2NOS/c1-3-18(12-7-5-4-6-10(12)2)9-13(19)11-8-14(16)20-15(11)17/h4-8H,3,9H2,1-2H3. The quantitative estimate of drug-likeness (QED) is 0.714. The number of halogens is 2. The van der Waals surface area contributed by atoms with Crippen LogP contribution in [0.3, 0.4) is 0 Å². The Morgan fingerprint density at radius 3 is 2.55 bits per heavy atom. The van der Waals surface area contributed by atoms with Crippen LogP contribution in [0.2, 0.25) is 8.67 Å². The first kappa shape index (κ1) is 15.4. The van der Waals surface area contributed by atoms with Gasteiger partial charge >= 0.3 is 0 Å². The highest BCUT2D eigenvalue weighted by Crippen LogP contribution is 2.32. The Morgan fingerprint density at radius 2 is 2.00 bits per heavy atom. The molecule has 2 aromatic rings. The first-order valence-electron chi connectivity index (χ1n) is 6.31. The molecule has 1 heterocycles. The van der Waals surface area contributed by atoms with Crippen LogP contribution in [0.4, 0.5) is 5.69 Å². The normalized spacial score (nSPS) is 10.6. The van der Waals surface area contributed by atoms with E-state index in [-0.39, 0.29) is 5.78 Å². The third kappa shape index (κ3) is 3.35. The van der Waals surface area contributed by atoms with Crippen LogP contribution in [0.5, 0.6) is 0 Å². The molecule has 0 radical (unpaired) electrons. The second-order valence-electron chi connectivity index (χ2n) is 4.46. The Hall–Kier alpha value is -1.03. The van der Waals surface area contributed by atoms with Crippen LogP contribution in [0.25, 0.3) is 0 Å². The van der Waals surface area contributed by atoms with Crippen LogP contribution >= 0.6 is 34.5 Å². The third-order valence-corrected chi connectivity index (χ3v) is 4.62. The van der Waals surface area contributed by atoms with Crippen molar-refractivity contribution in [3.05, 3.63) is 50.1 Å². The lowest BCUT2D eigenvalue weighted by atomic mass is 10.1. The van der Waals surface area contributed by atoms with E-state index >= 15 is 0 Å². The van der Waals surface area contributed by atoms with Crippen LogP contribution in [0.15, 0.2) is 30.3 Å². The monoisotopic (exact) mass is 327 g/mol. The summed E-state index contributed by atoms with van der Waals surface area (Å²) in [4.78, 5) is 14.4. The van der Waals surface area contributed by atoms with Gasteiger partial charge in [-0.05, 0) is 31.5 Å². The Labute approximate surface area is 132 Å². The van der Waals surface area contributed by atoms with E-state index in [1.54, 1.807) is 6.07 Å². The van der Waals surface area contributed by atoms with Crippen molar-refractivity contribution < 1.29 is 4.79 Å². The molecule has 0 aliphatic rings. The van der Waals surface area contributed by atoms with Gasteiger partial charge in [-0.25, -0.2) is 0 Å². The molecule has 0 aliphatic carbocycles. The summed E-state index contributed by atoms with van der Waals surface area (Å²) in [6.45, 7) is 5.12. The van der Waals surface area contributed by atoms with Crippen molar-refractivity contribution in [1.82, 2.24) is 0 Å². The molecule has 0 bridgehead atoms. The molecule has 106 valence electrons. The van der Waals surface area contributed by atoms with Gasteiger partial charge in [-0.1, -0.05) is 41.4 Å². The molecule has 0 aliphatic heterocycles. The lowest BCUT2D eigenvalue weighted by Crippen LogP contribution is -2.30. The van der Waals surface area contributed by atoms with E-state index in [9.17, 15) is 4.79 Å². The molecule has 0 unspecified atom stereocenters. The number of anilines is 1. The van der Waals surface area contributed by atoms with Gasteiger partial charge in [-0.2, -0.15) is 0 Å². The van der Waals surface area contributed by atoms with Crippen LogP contribution in [-0.2, 0) is 0 Å². The van der Waals surface area contributed by atoms with Crippen molar-refractivity contribution >= 4 is 46.0 Å². The van der Waals surface area contributed by atoms with Gasteiger partial charge in [0.15, 0.2) is 5.78 Å². The van der Waals surface area contributed by atoms with Gasteiger partial charge in [0.05, 0.1) is 16.4 Å². The minimum Gasteiger partial charge on any atom is -0.364 e. The zero-order valence-corrected chi connectivity index (χ0v) is 13.6. The largest absolute Gasteiger partial charge is 0.364 e. The average molecular weight is 328 g/mol. The van der Waals surface area contributed by atoms with E-state index in [0.29, 0.717) is 20.8 Å². The molecule has 1 aromatic carbocycles. The fraction of sp³-hybridized carbons (Fsp3) is 0.267. The molecule has 0 amide bonds. The Kier molecular flexibility index (Phi) is 5.08. The molecule has 2 nitrogen and oxygen atoms in total. The molecule has 0 saturated heterocycles. The highest BCUT2D eigenvalue weighted by Gasteiger charge is 2.18. The van der Waals surface area contributed by atoms with Crippen molar-refractivity contribution in [3.63, 3.8) is 0 Å². The number of rotatable bonds is 5. The van der Waals surface area contributed by atoms with Gasteiger partial charge in [0, 0.05) is 12.2 Å². The maximum Gasteiger partial charge on any atom is 0.184 e. The molecule has 1 aromatic heterocycles. The van der Waals surface area contributed by atoms with Gasteiger partial charge in [-0.15, -0.1) is 11.3 Å². The van der Waals surface area contributed by atoms with E-state index in [1.165, 1.54) is 11.3 Å². The van der Waals surface area contributed by atoms with Gasteiger partial charge < -0.3 is 4.90 Å². The number of hydrogen-bond acceptors (Lipinski definition) is 3. The highest BCUT2D eigenvalue weighted by molar-refractivity contribution is 7.20. The predicted octanol–water partition coefficient (Wildman–Crippen LogP) is 5.07. The fourth-order valence-electron chi connectivity index (χ4n) is 2.07. The number of likely N-dealkylation sites (N-methyl/N-ethyl adjacent to an activating group) is 1. The van der Waals surface area contributed by atoms with E-state index in [2.05, 4.69) is 0 Å². The SMILES string of the molecule is CCN(CC(=O)c1cc(Cl)sc1Cl)c1ccccc1C. The second kappa shape index (κ2) is 6.61. The number of benzene rings is 1. The van der Waals surface area contributed by atoms with Crippen molar-refractivity contribution in [3.8, 4) is 0 Å². The Bertz CT molecular complexity index is 624. The molecular formula is C15H15Cl2NOS. The maximum absolute atomic E-state index is 12.4. The van der Waals surface area contributed by atoms with E-state index in [4.69, 9.17) is 23.2 Å². The van der Waals surface area contributed by atoms with Crippen molar-refractivity contribution in [2.24, 2.45) is 0 Å². The molecule has 2 rings (SSSR count). The van der Waals surface area contributed by atoms with Crippen molar-refractivity contribution in [1.29, 1.82) is 0 Å². The summed E-state index contributed by atoms with van der Waals surface area (Å²) in [6, 6.07) is 9.67. The van der Waals surface area contributed by atoms with Crippen LogP contribution in [0, 0.1) is 6.92 Å². The smallest absolute Gasteiger partial charge is 0.184 e. The fourth-order valence-corrected chi connectivity index (χ4v) is 3.57. The summed E-state index contributed by atoms with van der Waals surface area (Å²) >= 11 is 13.2. The van der Waals surface area contributed by atoms with Gasteiger partial charge in [0.25, 0.3) is 0 Å². The number of Topliss-reactive ketones (excluding diaryl/α,β-unsaturated/α-hetero) is 1. The number of nitrogens with zero attached hydrogens (tertiary/aromatic N) is 1. The second-order valence-corrected chi connectivity index (χ2v) is 6.75. The number of thiophene rings is 1. The number of ketones is 1. The summed E-state index contributed by atoms with van der Waals surface area (Å²) in [5.74, 6) is -0.0109. The van der Waals surface area contributed by atoms with Gasteiger partial charge in [-0.3, -0.25) is 4.79 Å². The molecule has 20 heavy (non-hydrogen) atoms. The highest BCUT2D eigenvalue weighted by atomic mass is 35.5. The summed E-state index contributed by atoms with van der Waals surface area (Å²) in [5.41, 5.74) is 2.73. The molecule has 5 heteroatoms. The minimum absolute atomic E-state index is 0.0109. The topological polar surface area (TPSA) is 20.3 Å². The zero-order valence-electron chi connectivity index (χ0n) is 11.3. The van der Waals surface area contributed by atoms with E-state index in [0.717, 1.165) is 17.8 Å². The van der Waals surface area contributed by atoms with Crippen LogP contribution in [-0.4, -0.2) is 18.9 Å². The van der Waals surface area contributed by atoms with E-state index < -0.39 is 0 Å². The van der Waals surface area contributed by atoms with Crippen LogP contribution in [0.1, 0.15) is 22.8 Å². The third-order valence-electron chi connectivity index (χ3n) is 3.13. The van der Waals surface area contributed by atoms with Crippen LogP contribution < -0.4 is 4.90 Å². The first-order valence-corrected chi connectivity index (χ1v) is 7.88. The van der Waals surface area contributed by atoms with Crippen molar-refractivity contribution in [2.75, 3.05) is 18.0 Å². The summed E-state index contributed by atoms with van der Waals surface area (Å²) < 4.78 is 0.998. The van der Waals surface area contributed by atoms with Gasteiger partial charge in [0.1, 0.15) is 4.34 Å². The average Bonchev–Trinajstić information content (AvgIpc) is 2.76. The molecule has 0 N–H and O–H groups in total. The summed E-state index contributed by atoms with van der Waals surface area (Å²) in [5, 5.41) is 0. The Morgan fingerprint density at radius 1 is 1.30 bits per heavy atom.